The van der Waals surface area contributed by atoms with Gasteiger partial charge in [-0.2, -0.15) is 0 Å². The van der Waals surface area contributed by atoms with Gasteiger partial charge in [0.15, 0.2) is 0 Å². The lowest BCUT2D eigenvalue weighted by atomic mass is 10.3. The van der Waals surface area contributed by atoms with E-state index < -0.39 is 5.82 Å². The first-order valence-corrected chi connectivity index (χ1v) is 5.84. The fraction of sp³-hybridized carbons (Fsp3) is 0.385. The summed E-state index contributed by atoms with van der Waals surface area (Å²) in [6, 6.07) is 4.78. The summed E-state index contributed by atoms with van der Waals surface area (Å²) < 4.78 is 18.5. The molecule has 4 heteroatoms. The van der Waals surface area contributed by atoms with Gasteiger partial charge in [0, 0.05) is 18.7 Å². The van der Waals surface area contributed by atoms with E-state index in [0.717, 1.165) is 5.57 Å². The average molecular weight is 258 g/mol. The lowest BCUT2D eigenvalue weighted by molar-refractivity contribution is 0.345. The molecule has 0 bridgehead atoms. The van der Waals surface area contributed by atoms with Crippen molar-refractivity contribution in [3.63, 3.8) is 0 Å². The molecule has 94 valence electrons. The summed E-state index contributed by atoms with van der Waals surface area (Å²) in [5, 5.41) is 3.32. The Balaban J connectivity index is 2.39. The van der Waals surface area contributed by atoms with Crippen LogP contribution in [0.25, 0.3) is 0 Å². The van der Waals surface area contributed by atoms with Crippen molar-refractivity contribution in [3.8, 4) is 5.75 Å². The molecule has 17 heavy (non-hydrogen) atoms. The van der Waals surface area contributed by atoms with Gasteiger partial charge in [0.25, 0.3) is 0 Å². The Labute approximate surface area is 106 Å². The lowest BCUT2D eigenvalue weighted by Gasteiger charge is -2.12. The van der Waals surface area contributed by atoms with Crippen molar-refractivity contribution in [2.45, 2.75) is 19.9 Å². The van der Waals surface area contributed by atoms with Crippen molar-refractivity contribution in [3.05, 3.63) is 41.2 Å². The molecule has 1 N–H and O–H groups in total. The fourth-order valence-electron chi connectivity index (χ4n) is 1.15. The molecule has 0 radical (unpaired) electrons. The van der Waals surface area contributed by atoms with Gasteiger partial charge in [0.1, 0.15) is 18.2 Å². The molecule has 0 saturated carbocycles. The van der Waals surface area contributed by atoms with Gasteiger partial charge in [0.2, 0.25) is 0 Å². The predicted octanol–water partition coefficient (Wildman–Crippen LogP) is 3.41. The highest BCUT2D eigenvalue weighted by atomic mass is 35.5. The molecule has 0 fully saturated rings. The van der Waals surface area contributed by atoms with Crippen LogP contribution in [0.2, 0.25) is 5.02 Å². The van der Waals surface area contributed by atoms with Crippen LogP contribution in [0, 0.1) is 5.82 Å². The topological polar surface area (TPSA) is 21.3 Å². The van der Waals surface area contributed by atoms with Gasteiger partial charge < -0.3 is 10.1 Å². The zero-order valence-electron chi connectivity index (χ0n) is 10.1. The molecule has 1 rings (SSSR count). The van der Waals surface area contributed by atoms with Crippen molar-refractivity contribution < 1.29 is 9.13 Å². The zero-order chi connectivity index (χ0) is 12.8. The van der Waals surface area contributed by atoms with E-state index in [1.54, 1.807) is 6.07 Å². The summed E-state index contributed by atoms with van der Waals surface area (Å²) in [7, 11) is 0. The minimum Gasteiger partial charge on any atom is -0.489 e. The Bertz CT molecular complexity index is 393. The Morgan fingerprint density at radius 3 is 2.82 bits per heavy atom. The SMILES string of the molecule is C=C(CNC(C)C)COc1ccc(Cl)c(F)c1. The largest absolute Gasteiger partial charge is 0.489 e. The van der Waals surface area contributed by atoms with Gasteiger partial charge in [-0.15, -0.1) is 0 Å². The van der Waals surface area contributed by atoms with Gasteiger partial charge >= 0.3 is 0 Å². The quantitative estimate of drug-likeness (QED) is 0.789. The molecule has 0 amide bonds. The maximum Gasteiger partial charge on any atom is 0.145 e. The smallest absolute Gasteiger partial charge is 0.145 e. The fourth-order valence-corrected chi connectivity index (χ4v) is 1.27. The minimum atomic E-state index is -0.477. The molecule has 0 heterocycles. The number of rotatable bonds is 6. The van der Waals surface area contributed by atoms with E-state index in [1.807, 2.05) is 0 Å². The van der Waals surface area contributed by atoms with Gasteiger partial charge in [0.05, 0.1) is 5.02 Å². The normalized spacial score (nSPS) is 10.6. The van der Waals surface area contributed by atoms with Gasteiger partial charge in [-0.25, -0.2) is 4.39 Å². The first-order valence-electron chi connectivity index (χ1n) is 5.47. The summed E-state index contributed by atoms with van der Waals surface area (Å²) in [6.07, 6.45) is 0. The first-order chi connectivity index (χ1) is 7.99. The molecule has 0 aliphatic heterocycles. The Kier molecular flexibility index (Phi) is 5.45. The van der Waals surface area contributed by atoms with E-state index in [4.69, 9.17) is 16.3 Å². The molecule has 1 aromatic rings. The predicted molar refractivity (Wildman–Crippen MR) is 69.2 cm³/mol. The van der Waals surface area contributed by atoms with Gasteiger partial charge in [-0.05, 0) is 17.7 Å². The van der Waals surface area contributed by atoms with E-state index in [1.165, 1.54) is 12.1 Å². The first kappa shape index (κ1) is 14.0. The second-order valence-electron chi connectivity index (χ2n) is 4.15. The highest BCUT2D eigenvalue weighted by molar-refractivity contribution is 6.30. The van der Waals surface area contributed by atoms with Crippen LogP contribution in [0.5, 0.6) is 5.75 Å². The molecule has 0 aromatic heterocycles. The van der Waals surface area contributed by atoms with Crippen molar-refractivity contribution in [2.24, 2.45) is 0 Å². The number of hydrogen-bond donors (Lipinski definition) is 1. The molecule has 0 spiro atoms. The minimum absolute atomic E-state index is 0.0950. The van der Waals surface area contributed by atoms with E-state index in [0.29, 0.717) is 24.9 Å². The van der Waals surface area contributed by atoms with E-state index in [2.05, 4.69) is 25.7 Å². The van der Waals surface area contributed by atoms with E-state index >= 15 is 0 Å². The Hall–Kier alpha value is -1.06. The molecule has 0 saturated heterocycles. The number of ether oxygens (including phenoxy) is 1. The number of halogens is 2. The molecule has 1 aromatic carbocycles. The van der Waals surface area contributed by atoms with Crippen LogP contribution >= 0.6 is 11.6 Å². The number of hydrogen-bond acceptors (Lipinski definition) is 2. The van der Waals surface area contributed by atoms with Crippen molar-refractivity contribution in [2.75, 3.05) is 13.2 Å². The Morgan fingerprint density at radius 1 is 1.53 bits per heavy atom. The number of nitrogens with one attached hydrogen (secondary N) is 1. The van der Waals surface area contributed by atoms with Crippen LogP contribution < -0.4 is 10.1 Å². The summed E-state index contributed by atoms with van der Waals surface area (Å²) in [4.78, 5) is 0. The Morgan fingerprint density at radius 2 is 2.24 bits per heavy atom. The molecular weight excluding hydrogens is 241 g/mol. The molecule has 0 aliphatic rings. The van der Waals surface area contributed by atoms with Crippen molar-refractivity contribution in [1.29, 1.82) is 0 Å². The van der Waals surface area contributed by atoms with Crippen LogP contribution in [0.1, 0.15) is 13.8 Å². The standard InChI is InChI=1S/C13H17ClFNO/c1-9(2)16-7-10(3)8-17-11-4-5-12(14)13(15)6-11/h4-6,9,16H,3,7-8H2,1-2H3. The maximum absolute atomic E-state index is 13.1. The van der Waals surface area contributed by atoms with Crippen molar-refractivity contribution >= 4 is 11.6 Å². The summed E-state index contributed by atoms with van der Waals surface area (Å²) in [5.74, 6) is -0.0207. The molecule has 0 atom stereocenters. The van der Waals surface area contributed by atoms with Gasteiger partial charge in [-0.3, -0.25) is 0 Å². The highest BCUT2D eigenvalue weighted by Gasteiger charge is 2.03. The van der Waals surface area contributed by atoms with Crippen LogP contribution in [0.3, 0.4) is 0 Å². The third kappa shape index (κ3) is 5.20. The van der Waals surface area contributed by atoms with Crippen LogP contribution in [0.4, 0.5) is 4.39 Å². The third-order valence-electron chi connectivity index (χ3n) is 2.09. The summed E-state index contributed by atoms with van der Waals surface area (Å²) in [5.41, 5.74) is 0.911. The number of benzene rings is 1. The molecule has 0 aliphatic carbocycles. The highest BCUT2D eigenvalue weighted by Crippen LogP contribution is 2.20. The molecular formula is C13H17ClFNO. The van der Waals surface area contributed by atoms with E-state index in [-0.39, 0.29) is 5.02 Å². The monoisotopic (exact) mass is 257 g/mol. The van der Waals surface area contributed by atoms with Gasteiger partial charge in [-0.1, -0.05) is 32.0 Å². The summed E-state index contributed by atoms with van der Waals surface area (Å²) >= 11 is 5.57. The maximum atomic E-state index is 13.1. The van der Waals surface area contributed by atoms with Crippen LogP contribution in [-0.2, 0) is 0 Å². The second-order valence-corrected chi connectivity index (χ2v) is 4.56. The molecule has 0 unspecified atom stereocenters. The summed E-state index contributed by atoms with van der Waals surface area (Å²) in [6.45, 7) is 9.04. The second kappa shape index (κ2) is 6.62. The van der Waals surface area contributed by atoms with Crippen molar-refractivity contribution in [1.82, 2.24) is 5.32 Å². The zero-order valence-corrected chi connectivity index (χ0v) is 10.9. The van der Waals surface area contributed by atoms with Crippen LogP contribution in [-0.4, -0.2) is 19.2 Å². The van der Waals surface area contributed by atoms with Crippen LogP contribution in [0.15, 0.2) is 30.4 Å². The van der Waals surface area contributed by atoms with E-state index in [9.17, 15) is 4.39 Å². The lowest BCUT2D eigenvalue weighted by Crippen LogP contribution is -2.26. The third-order valence-corrected chi connectivity index (χ3v) is 2.40. The molecule has 2 nitrogen and oxygen atoms in total. The average Bonchev–Trinajstić information content (AvgIpc) is 2.28.